The Morgan fingerprint density at radius 1 is 1.16 bits per heavy atom. The summed E-state index contributed by atoms with van der Waals surface area (Å²) in [7, 11) is 1.61. The highest BCUT2D eigenvalue weighted by Gasteiger charge is 2.44. The lowest BCUT2D eigenvalue weighted by atomic mass is 9.68. The lowest BCUT2D eigenvalue weighted by Gasteiger charge is -2.43. The normalized spacial score (nSPS) is 18.8. The van der Waals surface area contributed by atoms with Crippen LogP contribution in [0.1, 0.15) is 50.7 Å². The number of hydrogen-bond acceptors (Lipinski definition) is 7. The van der Waals surface area contributed by atoms with Crippen molar-refractivity contribution in [3.63, 3.8) is 0 Å². The monoisotopic (exact) mass is 519 g/mol. The molecule has 1 atom stereocenters. The first-order valence-corrected chi connectivity index (χ1v) is 12.8. The van der Waals surface area contributed by atoms with Gasteiger partial charge in [-0.15, -0.1) is 0 Å². The number of ketones is 1. The van der Waals surface area contributed by atoms with Crippen LogP contribution in [0, 0.1) is 22.6 Å². The topological polar surface area (TPSA) is 97.8 Å². The number of benzene rings is 2. The van der Waals surface area contributed by atoms with Gasteiger partial charge in [0.05, 0.1) is 30.8 Å². The van der Waals surface area contributed by atoms with E-state index in [9.17, 15) is 14.4 Å². The number of allylic oxidation sites excluding steroid dienone is 3. The first kappa shape index (κ1) is 27.2. The zero-order valence-electron chi connectivity index (χ0n) is 22.3. The Morgan fingerprint density at radius 3 is 2.63 bits per heavy atom. The molecule has 0 saturated carbocycles. The zero-order chi connectivity index (χ0) is 27.4. The van der Waals surface area contributed by atoms with E-state index < -0.39 is 5.92 Å². The molecule has 2 N–H and O–H groups in total. The van der Waals surface area contributed by atoms with Gasteiger partial charge in [-0.2, -0.15) is 5.26 Å². The molecule has 0 radical (unpaired) electrons. The minimum Gasteiger partial charge on any atom is -0.490 e. The maximum absolute atomic E-state index is 13.6. The number of halogens is 1. The zero-order valence-corrected chi connectivity index (χ0v) is 22.3. The number of methoxy groups -OCH3 is 1. The maximum Gasteiger partial charge on any atom is 0.162 e. The number of nitriles is 1. The van der Waals surface area contributed by atoms with Gasteiger partial charge in [-0.05, 0) is 54.2 Å². The van der Waals surface area contributed by atoms with Crippen molar-refractivity contribution in [1.82, 2.24) is 4.90 Å². The molecule has 0 fully saturated rings. The number of hydrogen-bond donors (Lipinski definition) is 1. The molecular weight excluding hydrogens is 485 g/mol. The SMILES string of the molecule is CCOc1cc([C@H]2C(C#N)=C(N)N(CCOC)C3=C2C(=O)CC(C)(C)C3)ccc1OCc1cccc(F)c1. The molecule has 0 saturated heterocycles. The minimum atomic E-state index is -0.617. The van der Waals surface area contributed by atoms with Gasteiger partial charge in [0.2, 0.25) is 0 Å². The minimum absolute atomic E-state index is 0.00769. The van der Waals surface area contributed by atoms with Crippen LogP contribution in [-0.4, -0.2) is 37.6 Å². The van der Waals surface area contributed by atoms with E-state index in [0.717, 1.165) is 11.3 Å². The number of carbonyl (C=O) groups is 1. The molecule has 0 unspecified atom stereocenters. The number of carbonyl (C=O) groups excluding carboxylic acids is 1. The van der Waals surface area contributed by atoms with Crippen molar-refractivity contribution in [1.29, 1.82) is 5.26 Å². The van der Waals surface area contributed by atoms with Crippen molar-refractivity contribution in [3.8, 4) is 17.6 Å². The molecule has 2 aliphatic rings. The van der Waals surface area contributed by atoms with Crippen LogP contribution in [0.15, 0.2) is 65.1 Å². The molecule has 2 aromatic carbocycles. The highest BCUT2D eigenvalue weighted by atomic mass is 19.1. The third-order valence-corrected chi connectivity index (χ3v) is 6.89. The van der Waals surface area contributed by atoms with Crippen LogP contribution in [0.25, 0.3) is 0 Å². The van der Waals surface area contributed by atoms with E-state index in [1.54, 1.807) is 25.3 Å². The predicted octanol–water partition coefficient (Wildman–Crippen LogP) is 5.19. The molecule has 0 spiro atoms. The first-order chi connectivity index (χ1) is 18.2. The summed E-state index contributed by atoms with van der Waals surface area (Å²) < 4.78 is 30.7. The van der Waals surface area contributed by atoms with Crippen LogP contribution in [0.4, 0.5) is 4.39 Å². The summed E-state index contributed by atoms with van der Waals surface area (Å²) in [6.45, 7) is 7.39. The molecule has 2 aromatic rings. The highest BCUT2D eigenvalue weighted by Crippen LogP contribution is 2.49. The molecule has 0 amide bonds. The van der Waals surface area contributed by atoms with E-state index in [2.05, 4.69) is 19.9 Å². The van der Waals surface area contributed by atoms with Crippen LogP contribution < -0.4 is 15.2 Å². The molecule has 38 heavy (non-hydrogen) atoms. The lowest BCUT2D eigenvalue weighted by molar-refractivity contribution is -0.118. The smallest absolute Gasteiger partial charge is 0.162 e. The predicted molar refractivity (Wildman–Crippen MR) is 142 cm³/mol. The van der Waals surface area contributed by atoms with E-state index in [1.807, 2.05) is 24.0 Å². The fourth-order valence-corrected chi connectivity index (χ4v) is 5.23. The largest absolute Gasteiger partial charge is 0.490 e. The summed E-state index contributed by atoms with van der Waals surface area (Å²) in [6.07, 6.45) is 1.03. The highest BCUT2D eigenvalue weighted by molar-refractivity contribution is 6.00. The second kappa shape index (κ2) is 11.3. The van der Waals surface area contributed by atoms with Gasteiger partial charge in [0.15, 0.2) is 17.3 Å². The first-order valence-electron chi connectivity index (χ1n) is 12.8. The van der Waals surface area contributed by atoms with E-state index in [1.165, 1.54) is 12.1 Å². The standard InChI is InChI=1S/C30H34FN3O4/c1-5-37-26-14-20(9-10-25(26)38-18-19-7-6-8-21(31)13-19)27-22(17-32)29(33)34(11-12-36-4)23-15-30(2,3)16-24(35)28(23)27/h6-10,13-14,27H,5,11-12,15-16,18,33H2,1-4H3/t27-/m0/s1. The van der Waals surface area contributed by atoms with Crippen molar-refractivity contribution >= 4 is 5.78 Å². The Balaban J connectivity index is 1.77. The van der Waals surface area contributed by atoms with Crippen LogP contribution in [0.5, 0.6) is 11.5 Å². The Hall–Kier alpha value is -3.83. The molecule has 1 aliphatic heterocycles. The molecule has 1 aliphatic carbocycles. The number of ether oxygens (including phenoxy) is 3. The molecule has 200 valence electrons. The molecule has 0 bridgehead atoms. The van der Waals surface area contributed by atoms with E-state index >= 15 is 0 Å². The third kappa shape index (κ3) is 5.53. The van der Waals surface area contributed by atoms with Gasteiger partial charge < -0.3 is 24.8 Å². The van der Waals surface area contributed by atoms with Crippen molar-refractivity contribution in [2.24, 2.45) is 11.1 Å². The summed E-state index contributed by atoms with van der Waals surface area (Å²) in [6, 6.07) is 13.9. The van der Waals surface area contributed by atoms with Gasteiger partial charge in [0.25, 0.3) is 0 Å². The maximum atomic E-state index is 13.6. The molecule has 7 nitrogen and oxygen atoms in total. The summed E-state index contributed by atoms with van der Waals surface area (Å²) in [5.74, 6) is 0.356. The number of Topliss-reactive ketones (excluding diaryl/α,β-unsaturated/α-hetero) is 1. The van der Waals surface area contributed by atoms with Gasteiger partial charge >= 0.3 is 0 Å². The second-order valence-electron chi connectivity index (χ2n) is 10.3. The van der Waals surface area contributed by atoms with Gasteiger partial charge in [-0.25, -0.2) is 4.39 Å². The number of nitrogens with two attached hydrogens (primary N) is 1. The lowest BCUT2D eigenvalue weighted by Crippen LogP contribution is -2.43. The van der Waals surface area contributed by atoms with Crippen molar-refractivity contribution < 1.29 is 23.4 Å². The van der Waals surface area contributed by atoms with Crippen molar-refractivity contribution in [2.75, 3.05) is 26.9 Å². The second-order valence-corrected chi connectivity index (χ2v) is 10.3. The quantitative estimate of drug-likeness (QED) is 0.487. The third-order valence-electron chi connectivity index (χ3n) is 6.89. The molecule has 1 heterocycles. The van der Waals surface area contributed by atoms with Crippen LogP contribution in [0.3, 0.4) is 0 Å². The summed E-state index contributed by atoms with van der Waals surface area (Å²) in [5.41, 5.74) is 9.53. The number of nitrogens with zero attached hydrogens (tertiary/aromatic N) is 2. The number of rotatable bonds is 9. The van der Waals surface area contributed by atoms with Gasteiger partial charge in [-0.3, -0.25) is 4.79 Å². The fourth-order valence-electron chi connectivity index (χ4n) is 5.23. The molecule has 0 aromatic heterocycles. The Morgan fingerprint density at radius 2 is 1.95 bits per heavy atom. The molecule has 8 heteroatoms. The summed E-state index contributed by atoms with van der Waals surface area (Å²) in [4.78, 5) is 15.5. The molecule has 4 rings (SSSR count). The fraction of sp³-hybridized carbons (Fsp3) is 0.400. The van der Waals surface area contributed by atoms with Crippen LogP contribution in [-0.2, 0) is 16.1 Å². The van der Waals surface area contributed by atoms with Gasteiger partial charge in [0.1, 0.15) is 18.2 Å². The van der Waals surface area contributed by atoms with Crippen molar-refractivity contribution in [3.05, 3.63) is 82.1 Å². The Bertz CT molecular complexity index is 1330. The summed E-state index contributed by atoms with van der Waals surface area (Å²) >= 11 is 0. The average Bonchev–Trinajstić information content (AvgIpc) is 2.86. The Labute approximate surface area is 223 Å². The van der Waals surface area contributed by atoms with E-state index in [4.69, 9.17) is 19.9 Å². The van der Waals surface area contributed by atoms with E-state index in [-0.39, 0.29) is 23.6 Å². The van der Waals surface area contributed by atoms with Crippen LogP contribution in [0.2, 0.25) is 0 Å². The molecular formula is C30H34FN3O4. The van der Waals surface area contributed by atoms with Gasteiger partial charge in [-0.1, -0.05) is 32.0 Å². The van der Waals surface area contributed by atoms with Crippen LogP contribution >= 0.6 is 0 Å². The Kier molecular flexibility index (Phi) is 8.08. The summed E-state index contributed by atoms with van der Waals surface area (Å²) in [5, 5.41) is 10.2. The van der Waals surface area contributed by atoms with E-state index in [0.29, 0.717) is 66.6 Å². The van der Waals surface area contributed by atoms with Crippen molar-refractivity contribution in [2.45, 2.75) is 46.1 Å². The van der Waals surface area contributed by atoms with Gasteiger partial charge in [0, 0.05) is 31.3 Å². The average molecular weight is 520 g/mol.